The Hall–Kier alpha value is -1.18. The number of rotatable bonds is 3. The summed E-state index contributed by atoms with van der Waals surface area (Å²) >= 11 is 9.42. The zero-order valence-electron chi connectivity index (χ0n) is 11.2. The molecule has 8 heteroatoms. The lowest BCUT2D eigenvalue weighted by Crippen LogP contribution is -1.94. The summed E-state index contributed by atoms with van der Waals surface area (Å²) in [7, 11) is 0. The second-order valence-electron chi connectivity index (χ2n) is 4.39. The second kappa shape index (κ2) is 5.31. The summed E-state index contributed by atoms with van der Waals surface area (Å²) in [5.41, 5.74) is 1.17. The number of hydrogen-bond acceptors (Lipinski definition) is 6. The first-order chi connectivity index (χ1) is 9.54. The predicted octanol–water partition coefficient (Wildman–Crippen LogP) is 3.68. The van der Waals surface area contributed by atoms with Gasteiger partial charge in [0.1, 0.15) is 21.6 Å². The molecule has 104 valence electrons. The highest BCUT2D eigenvalue weighted by atomic mass is 35.5. The molecule has 3 aromatic heterocycles. The monoisotopic (exact) mass is 325 g/mol. The molecule has 0 aliphatic carbocycles. The second-order valence-corrected chi connectivity index (χ2v) is 6.89. The molecule has 0 atom stereocenters. The molecule has 0 bridgehead atoms. The Morgan fingerprint density at radius 2 is 2.00 bits per heavy atom. The van der Waals surface area contributed by atoms with E-state index in [4.69, 9.17) is 11.6 Å². The Kier molecular flexibility index (Phi) is 3.66. The highest BCUT2D eigenvalue weighted by molar-refractivity contribution is 7.98. The fourth-order valence-electron chi connectivity index (χ4n) is 1.82. The number of thioether (sulfide) groups is 1. The van der Waals surface area contributed by atoms with E-state index in [0.717, 1.165) is 16.0 Å². The van der Waals surface area contributed by atoms with E-state index in [1.165, 1.54) is 22.2 Å². The first kappa shape index (κ1) is 13.8. The topological polar surface area (TPSA) is 67.3 Å². The molecule has 0 unspecified atom stereocenters. The van der Waals surface area contributed by atoms with Crippen molar-refractivity contribution in [2.45, 2.75) is 31.7 Å². The number of nitrogens with zero attached hydrogens (tertiary/aromatic N) is 4. The quantitative estimate of drug-likeness (QED) is 0.587. The maximum atomic E-state index is 6.28. The van der Waals surface area contributed by atoms with Gasteiger partial charge in [-0.25, -0.2) is 15.0 Å². The van der Waals surface area contributed by atoms with Crippen molar-refractivity contribution in [1.82, 2.24) is 25.1 Å². The van der Waals surface area contributed by atoms with Crippen LogP contribution in [-0.2, 0) is 5.75 Å². The van der Waals surface area contributed by atoms with Gasteiger partial charge in [-0.2, -0.15) is 0 Å². The Balaban J connectivity index is 1.89. The minimum absolute atomic E-state index is 0.526. The van der Waals surface area contributed by atoms with Crippen LogP contribution >= 0.6 is 34.7 Å². The normalized spacial score (nSPS) is 11.4. The smallest absolute Gasteiger partial charge is 0.208 e. The van der Waals surface area contributed by atoms with Gasteiger partial charge in [0.05, 0.1) is 11.1 Å². The average Bonchev–Trinajstić information content (AvgIpc) is 2.92. The first-order valence-electron chi connectivity index (χ1n) is 5.98. The zero-order chi connectivity index (χ0) is 14.3. The third kappa shape index (κ3) is 2.53. The third-order valence-corrected chi connectivity index (χ3v) is 5.16. The van der Waals surface area contributed by atoms with Gasteiger partial charge >= 0.3 is 0 Å². The van der Waals surface area contributed by atoms with Crippen LogP contribution in [0.3, 0.4) is 0 Å². The van der Waals surface area contributed by atoms with Gasteiger partial charge in [0.2, 0.25) is 5.16 Å². The number of halogens is 1. The summed E-state index contributed by atoms with van der Waals surface area (Å²) in [6.45, 7) is 5.99. The van der Waals surface area contributed by atoms with E-state index in [1.807, 2.05) is 13.8 Å². The first-order valence-corrected chi connectivity index (χ1v) is 8.16. The zero-order valence-corrected chi connectivity index (χ0v) is 13.6. The van der Waals surface area contributed by atoms with Crippen LogP contribution in [0.25, 0.3) is 10.2 Å². The molecule has 0 saturated carbocycles. The summed E-state index contributed by atoms with van der Waals surface area (Å²) in [6.07, 6.45) is 0. The Morgan fingerprint density at radius 1 is 1.20 bits per heavy atom. The Bertz CT molecular complexity index is 780. The largest absolute Gasteiger partial charge is 0.262 e. The van der Waals surface area contributed by atoms with Gasteiger partial charge in [0.15, 0.2) is 0 Å². The maximum Gasteiger partial charge on any atom is 0.208 e. The number of aromatic amines is 1. The number of hydrogen-bond donors (Lipinski definition) is 1. The van der Waals surface area contributed by atoms with E-state index in [-0.39, 0.29) is 0 Å². The summed E-state index contributed by atoms with van der Waals surface area (Å²) in [5.74, 6) is 2.10. The molecule has 0 fully saturated rings. The van der Waals surface area contributed by atoms with E-state index in [2.05, 4.69) is 32.1 Å². The van der Waals surface area contributed by atoms with Gasteiger partial charge in [0, 0.05) is 4.88 Å². The molecule has 0 aliphatic heterocycles. The van der Waals surface area contributed by atoms with Gasteiger partial charge in [0.25, 0.3) is 0 Å². The fraction of sp³-hybridized carbons (Fsp3) is 0.333. The van der Waals surface area contributed by atoms with Crippen molar-refractivity contribution in [3.8, 4) is 0 Å². The number of fused-ring (bicyclic) bond motifs is 1. The molecule has 0 spiro atoms. The lowest BCUT2D eigenvalue weighted by Gasteiger charge is -2.00. The highest BCUT2D eigenvalue weighted by Crippen LogP contribution is 2.33. The minimum atomic E-state index is 0.526. The molecule has 1 N–H and O–H groups in total. The van der Waals surface area contributed by atoms with Crippen LogP contribution in [0, 0.1) is 20.8 Å². The van der Waals surface area contributed by atoms with Crippen molar-refractivity contribution in [3.05, 3.63) is 27.2 Å². The maximum absolute atomic E-state index is 6.28. The van der Waals surface area contributed by atoms with Crippen LogP contribution in [0.15, 0.2) is 5.16 Å². The van der Waals surface area contributed by atoms with Gasteiger partial charge < -0.3 is 0 Å². The van der Waals surface area contributed by atoms with E-state index >= 15 is 0 Å². The van der Waals surface area contributed by atoms with E-state index in [0.29, 0.717) is 21.9 Å². The van der Waals surface area contributed by atoms with Crippen LogP contribution in [-0.4, -0.2) is 25.1 Å². The lowest BCUT2D eigenvalue weighted by molar-refractivity contribution is 0.965. The average molecular weight is 326 g/mol. The van der Waals surface area contributed by atoms with Crippen LogP contribution in [0.4, 0.5) is 0 Å². The molecule has 3 rings (SSSR count). The summed E-state index contributed by atoms with van der Waals surface area (Å²) < 4.78 is 0. The van der Waals surface area contributed by atoms with E-state index in [1.54, 1.807) is 11.3 Å². The third-order valence-electron chi connectivity index (χ3n) is 2.94. The highest BCUT2D eigenvalue weighted by Gasteiger charge is 2.13. The SMILES string of the molecule is Cc1nc(SCc2nc(Cl)c3c(C)c(C)sc3n2)n[nH]1. The van der Waals surface area contributed by atoms with E-state index < -0.39 is 0 Å². The van der Waals surface area contributed by atoms with Crippen molar-refractivity contribution < 1.29 is 0 Å². The number of nitrogens with one attached hydrogen (secondary N) is 1. The molecule has 20 heavy (non-hydrogen) atoms. The van der Waals surface area contributed by atoms with Crippen molar-refractivity contribution >= 4 is 44.9 Å². The molecular weight excluding hydrogens is 314 g/mol. The van der Waals surface area contributed by atoms with Gasteiger partial charge in [-0.1, -0.05) is 23.4 Å². The standard InChI is InChI=1S/C12H12ClN5S2/c1-5-6(2)20-11-9(5)10(13)15-8(16-11)4-19-12-14-7(3)17-18-12/h4H2,1-3H3,(H,14,17,18). The molecule has 5 nitrogen and oxygen atoms in total. The van der Waals surface area contributed by atoms with Crippen molar-refractivity contribution in [2.24, 2.45) is 0 Å². The molecule has 0 radical (unpaired) electrons. The van der Waals surface area contributed by atoms with E-state index in [9.17, 15) is 0 Å². The predicted molar refractivity (Wildman–Crippen MR) is 82.6 cm³/mol. The molecule has 0 aromatic carbocycles. The molecule has 3 aromatic rings. The van der Waals surface area contributed by atoms with Crippen molar-refractivity contribution in [3.63, 3.8) is 0 Å². The summed E-state index contributed by atoms with van der Waals surface area (Å²) in [4.78, 5) is 15.4. The van der Waals surface area contributed by atoms with Crippen molar-refractivity contribution in [1.29, 1.82) is 0 Å². The van der Waals surface area contributed by atoms with Gasteiger partial charge in [-0.3, -0.25) is 5.10 Å². The molecule has 0 amide bonds. The number of thiophene rings is 1. The van der Waals surface area contributed by atoms with Crippen LogP contribution in [0.5, 0.6) is 0 Å². The number of H-pyrrole nitrogens is 1. The van der Waals surface area contributed by atoms with Crippen LogP contribution < -0.4 is 0 Å². The molecule has 3 heterocycles. The molecule has 0 saturated heterocycles. The van der Waals surface area contributed by atoms with Crippen molar-refractivity contribution in [2.75, 3.05) is 0 Å². The van der Waals surface area contributed by atoms with Gasteiger partial charge in [-0.05, 0) is 26.3 Å². The lowest BCUT2D eigenvalue weighted by atomic mass is 10.2. The summed E-state index contributed by atoms with van der Waals surface area (Å²) in [5, 5.41) is 9.08. The molecule has 0 aliphatic rings. The molecular formula is C12H12ClN5S2. The minimum Gasteiger partial charge on any atom is -0.262 e. The number of aryl methyl sites for hydroxylation is 3. The fourth-order valence-corrected chi connectivity index (χ4v) is 3.95. The number of aromatic nitrogens is 5. The van der Waals surface area contributed by atoms with Crippen LogP contribution in [0.2, 0.25) is 5.15 Å². The Labute approximate surface area is 129 Å². The Morgan fingerprint density at radius 3 is 2.70 bits per heavy atom. The van der Waals surface area contributed by atoms with Gasteiger partial charge in [-0.15, -0.1) is 16.4 Å². The summed E-state index contributed by atoms with van der Waals surface area (Å²) in [6, 6.07) is 0. The van der Waals surface area contributed by atoms with Crippen LogP contribution in [0.1, 0.15) is 22.1 Å².